The molecule has 5 nitrogen and oxygen atoms in total. The van der Waals surface area contributed by atoms with Crippen LogP contribution < -0.4 is 10.6 Å². The Morgan fingerprint density at radius 3 is 2.45 bits per heavy atom. The zero-order valence-corrected chi connectivity index (χ0v) is 11.3. The van der Waals surface area contributed by atoms with E-state index in [4.69, 9.17) is 0 Å². The van der Waals surface area contributed by atoms with Crippen molar-refractivity contribution in [3.8, 4) is 0 Å². The average molecular weight is 304 g/mol. The lowest BCUT2D eigenvalue weighted by molar-refractivity contribution is 0.247. The average Bonchev–Trinajstić information content (AvgIpc) is 2.35. The second-order valence-corrected chi connectivity index (χ2v) is 6.95. The van der Waals surface area contributed by atoms with E-state index in [0.29, 0.717) is 18.9 Å². The van der Waals surface area contributed by atoms with E-state index in [1.807, 2.05) is 0 Å². The molecule has 20 heavy (non-hydrogen) atoms. The topological polar surface area (TPSA) is 75.3 Å². The molecule has 0 bridgehead atoms. The summed E-state index contributed by atoms with van der Waals surface area (Å²) in [6.07, 6.45) is 0.670. The number of hydrogen-bond donors (Lipinski definition) is 2. The number of amides is 2. The van der Waals surface area contributed by atoms with E-state index in [9.17, 15) is 22.0 Å². The molecule has 1 aromatic carbocycles. The molecule has 1 fully saturated rings. The number of hydrogen-bond acceptors (Lipinski definition) is 3. The molecule has 2 rings (SSSR count). The van der Waals surface area contributed by atoms with Crippen molar-refractivity contribution >= 4 is 21.6 Å². The molecule has 1 aliphatic rings. The molecule has 8 heteroatoms. The number of sulfone groups is 1. The molecule has 0 aliphatic carbocycles. The lowest BCUT2D eigenvalue weighted by atomic mass is 10.2. The molecule has 1 saturated heterocycles. The van der Waals surface area contributed by atoms with E-state index in [-0.39, 0.29) is 23.2 Å². The zero-order valence-electron chi connectivity index (χ0n) is 10.5. The Balaban J connectivity index is 1.90. The summed E-state index contributed by atoms with van der Waals surface area (Å²) in [4.78, 5) is 11.6. The molecule has 0 atom stereocenters. The number of urea groups is 1. The molecule has 2 amide bonds. The second-order valence-electron chi connectivity index (χ2n) is 4.65. The molecule has 0 saturated carbocycles. The number of benzene rings is 1. The van der Waals surface area contributed by atoms with Crippen molar-refractivity contribution in [2.24, 2.45) is 0 Å². The lowest BCUT2D eigenvalue weighted by Crippen LogP contribution is -2.42. The van der Waals surface area contributed by atoms with Gasteiger partial charge in [-0.3, -0.25) is 0 Å². The van der Waals surface area contributed by atoms with Gasteiger partial charge in [0.2, 0.25) is 0 Å². The SMILES string of the molecule is O=C(Nc1ccc(F)cc1F)NC1CCS(=O)(=O)CC1. The van der Waals surface area contributed by atoms with E-state index in [0.717, 1.165) is 12.1 Å². The first kappa shape index (κ1) is 14.7. The Labute approximate surface area is 115 Å². The molecular formula is C12H14F2N2O3S. The highest BCUT2D eigenvalue weighted by Gasteiger charge is 2.24. The van der Waals surface area contributed by atoms with Gasteiger partial charge in [-0.25, -0.2) is 22.0 Å². The highest BCUT2D eigenvalue weighted by atomic mass is 32.2. The van der Waals surface area contributed by atoms with Gasteiger partial charge in [0.25, 0.3) is 0 Å². The fourth-order valence-electron chi connectivity index (χ4n) is 1.97. The minimum atomic E-state index is -3.00. The number of carbonyl (C=O) groups is 1. The van der Waals surface area contributed by atoms with Crippen LogP contribution in [-0.4, -0.2) is 32.0 Å². The number of nitrogens with one attached hydrogen (secondary N) is 2. The van der Waals surface area contributed by atoms with Crippen LogP contribution in [0.15, 0.2) is 18.2 Å². The fourth-order valence-corrected chi connectivity index (χ4v) is 3.46. The van der Waals surface area contributed by atoms with Gasteiger partial charge >= 0.3 is 6.03 Å². The monoisotopic (exact) mass is 304 g/mol. The fraction of sp³-hybridized carbons (Fsp3) is 0.417. The predicted octanol–water partition coefficient (Wildman–Crippen LogP) is 1.66. The summed E-state index contributed by atoms with van der Waals surface area (Å²) in [6, 6.07) is 1.92. The van der Waals surface area contributed by atoms with Crippen LogP contribution >= 0.6 is 0 Å². The van der Waals surface area contributed by atoms with E-state index < -0.39 is 27.5 Å². The van der Waals surface area contributed by atoms with Crippen molar-refractivity contribution in [1.29, 1.82) is 0 Å². The highest BCUT2D eigenvalue weighted by Crippen LogP contribution is 2.16. The van der Waals surface area contributed by atoms with Crippen LogP contribution in [0.3, 0.4) is 0 Å². The number of halogens is 2. The third kappa shape index (κ3) is 3.89. The highest BCUT2D eigenvalue weighted by molar-refractivity contribution is 7.91. The van der Waals surface area contributed by atoms with Crippen molar-refractivity contribution < 1.29 is 22.0 Å². The third-order valence-electron chi connectivity index (χ3n) is 3.07. The van der Waals surface area contributed by atoms with Gasteiger partial charge in [-0.05, 0) is 25.0 Å². The van der Waals surface area contributed by atoms with Crippen LogP contribution in [0.2, 0.25) is 0 Å². The van der Waals surface area contributed by atoms with E-state index in [2.05, 4.69) is 10.6 Å². The van der Waals surface area contributed by atoms with Gasteiger partial charge in [0.1, 0.15) is 21.5 Å². The molecule has 0 aromatic heterocycles. The van der Waals surface area contributed by atoms with E-state index in [1.54, 1.807) is 0 Å². The van der Waals surface area contributed by atoms with Crippen LogP contribution in [0.25, 0.3) is 0 Å². The number of rotatable bonds is 2. The minimum absolute atomic E-state index is 0.0306. The van der Waals surface area contributed by atoms with E-state index in [1.165, 1.54) is 0 Å². The Hall–Kier alpha value is -1.70. The van der Waals surface area contributed by atoms with Gasteiger partial charge in [0.05, 0.1) is 17.2 Å². The van der Waals surface area contributed by atoms with Gasteiger partial charge < -0.3 is 10.6 Å². The molecule has 110 valence electrons. The Morgan fingerprint density at radius 2 is 1.85 bits per heavy atom. The van der Waals surface area contributed by atoms with Crippen molar-refractivity contribution in [2.45, 2.75) is 18.9 Å². The maximum atomic E-state index is 13.3. The van der Waals surface area contributed by atoms with Gasteiger partial charge in [-0.15, -0.1) is 0 Å². The summed E-state index contributed by atoms with van der Waals surface area (Å²) in [7, 11) is -3.00. The van der Waals surface area contributed by atoms with Crippen molar-refractivity contribution in [3.05, 3.63) is 29.8 Å². The maximum absolute atomic E-state index is 13.3. The predicted molar refractivity (Wildman–Crippen MR) is 70.2 cm³/mol. The molecular weight excluding hydrogens is 290 g/mol. The maximum Gasteiger partial charge on any atom is 0.319 e. The van der Waals surface area contributed by atoms with Gasteiger partial charge in [0, 0.05) is 12.1 Å². The van der Waals surface area contributed by atoms with Crippen molar-refractivity contribution in [2.75, 3.05) is 16.8 Å². The first-order chi connectivity index (χ1) is 9.35. The molecule has 0 spiro atoms. The standard InChI is InChI=1S/C12H14F2N2O3S/c13-8-1-2-11(10(14)7-8)16-12(17)15-9-3-5-20(18,19)6-4-9/h1-2,7,9H,3-6H2,(H2,15,16,17). The molecule has 1 heterocycles. The minimum Gasteiger partial charge on any atom is -0.335 e. The van der Waals surface area contributed by atoms with Crippen LogP contribution in [-0.2, 0) is 9.84 Å². The molecule has 2 N–H and O–H groups in total. The molecule has 0 unspecified atom stereocenters. The Kier molecular flexibility index (Phi) is 4.22. The smallest absolute Gasteiger partial charge is 0.319 e. The van der Waals surface area contributed by atoms with E-state index >= 15 is 0 Å². The van der Waals surface area contributed by atoms with Crippen LogP contribution in [0, 0.1) is 11.6 Å². The number of carbonyl (C=O) groups excluding carboxylic acids is 1. The van der Waals surface area contributed by atoms with Crippen molar-refractivity contribution in [3.63, 3.8) is 0 Å². The zero-order chi connectivity index (χ0) is 14.8. The second kappa shape index (κ2) is 5.74. The van der Waals surface area contributed by atoms with Crippen LogP contribution in [0.5, 0.6) is 0 Å². The van der Waals surface area contributed by atoms with Gasteiger partial charge in [0.15, 0.2) is 0 Å². The molecule has 0 radical (unpaired) electrons. The first-order valence-corrected chi connectivity index (χ1v) is 7.91. The third-order valence-corrected chi connectivity index (χ3v) is 4.78. The Bertz CT molecular complexity index is 605. The van der Waals surface area contributed by atoms with Crippen molar-refractivity contribution in [1.82, 2.24) is 5.32 Å². The first-order valence-electron chi connectivity index (χ1n) is 6.09. The molecule has 1 aliphatic heterocycles. The summed E-state index contributed by atoms with van der Waals surface area (Å²) in [6.45, 7) is 0. The summed E-state index contributed by atoms with van der Waals surface area (Å²) in [5, 5.41) is 4.84. The van der Waals surface area contributed by atoms with Crippen LogP contribution in [0.1, 0.15) is 12.8 Å². The van der Waals surface area contributed by atoms with Gasteiger partial charge in [-0.1, -0.05) is 0 Å². The number of anilines is 1. The van der Waals surface area contributed by atoms with Gasteiger partial charge in [-0.2, -0.15) is 0 Å². The quantitative estimate of drug-likeness (QED) is 0.872. The Morgan fingerprint density at radius 1 is 1.20 bits per heavy atom. The summed E-state index contributed by atoms with van der Waals surface area (Å²) >= 11 is 0. The lowest BCUT2D eigenvalue weighted by Gasteiger charge is -2.23. The van der Waals surface area contributed by atoms with Crippen LogP contribution in [0.4, 0.5) is 19.3 Å². The summed E-state index contributed by atoms with van der Waals surface area (Å²) < 4.78 is 48.5. The molecule has 1 aromatic rings. The largest absolute Gasteiger partial charge is 0.335 e. The summed E-state index contributed by atoms with van der Waals surface area (Å²) in [5.74, 6) is -1.54. The summed E-state index contributed by atoms with van der Waals surface area (Å²) in [5.41, 5.74) is -0.132. The normalized spacial score (nSPS) is 18.5.